The Kier molecular flexibility index (Phi) is 5.96. The van der Waals surface area contributed by atoms with Crippen LogP contribution in [0.4, 0.5) is 0 Å². The molecule has 1 atom stereocenters. The molecule has 0 aliphatic heterocycles. The van der Waals surface area contributed by atoms with Gasteiger partial charge in [0.1, 0.15) is 6.10 Å². The predicted molar refractivity (Wildman–Crippen MR) is 116 cm³/mol. The molecule has 0 amide bonds. The van der Waals surface area contributed by atoms with Crippen molar-refractivity contribution in [2.24, 2.45) is 0 Å². The Balaban J connectivity index is 1.91. The zero-order valence-corrected chi connectivity index (χ0v) is 19.6. The Hall–Kier alpha value is -0.983. The molecule has 7 heteroatoms. The molecule has 0 bridgehead atoms. The SMILES string of the molecule is CC(C)(C)[Si](C)(C)OC1CC(c2ccc(Cl)c(Cl)c2)([C@H](O)c2ncccn2)C1. The van der Waals surface area contributed by atoms with Gasteiger partial charge in [-0.2, -0.15) is 0 Å². The Bertz CT molecular complexity index is 834. The van der Waals surface area contributed by atoms with Gasteiger partial charge in [-0.3, -0.25) is 0 Å². The van der Waals surface area contributed by atoms with E-state index < -0.39 is 19.8 Å². The zero-order valence-electron chi connectivity index (χ0n) is 17.0. The van der Waals surface area contributed by atoms with Crippen LogP contribution in [0.3, 0.4) is 0 Å². The van der Waals surface area contributed by atoms with Gasteiger partial charge in [0.25, 0.3) is 0 Å². The van der Waals surface area contributed by atoms with Crippen molar-refractivity contribution in [3.05, 3.63) is 58.1 Å². The second-order valence-electron chi connectivity index (χ2n) is 9.20. The number of benzene rings is 1. The van der Waals surface area contributed by atoms with E-state index in [0.717, 1.165) is 5.56 Å². The molecule has 0 radical (unpaired) electrons. The monoisotopic (exact) mass is 438 g/mol. The highest BCUT2D eigenvalue weighted by Crippen LogP contribution is 2.55. The van der Waals surface area contributed by atoms with Crippen molar-refractivity contribution in [3.8, 4) is 0 Å². The maximum atomic E-state index is 11.2. The molecule has 1 heterocycles. The summed E-state index contributed by atoms with van der Waals surface area (Å²) in [5.41, 5.74) is 0.403. The van der Waals surface area contributed by atoms with Gasteiger partial charge in [0.15, 0.2) is 14.1 Å². The molecule has 1 fully saturated rings. The minimum Gasteiger partial charge on any atom is -0.414 e. The average molecular weight is 439 g/mol. The smallest absolute Gasteiger partial charge is 0.192 e. The van der Waals surface area contributed by atoms with Crippen molar-refractivity contribution in [2.75, 3.05) is 0 Å². The molecule has 1 N–H and O–H groups in total. The first-order chi connectivity index (χ1) is 13.0. The molecular formula is C21H28Cl2N2O2Si. The van der Waals surface area contributed by atoms with Crippen LogP contribution >= 0.6 is 23.2 Å². The summed E-state index contributed by atoms with van der Waals surface area (Å²) < 4.78 is 6.58. The molecule has 3 rings (SSSR count). The molecule has 1 aliphatic rings. The molecule has 1 aromatic heterocycles. The van der Waals surface area contributed by atoms with E-state index in [1.807, 2.05) is 12.1 Å². The predicted octanol–water partition coefficient (Wildman–Crippen LogP) is 5.94. The van der Waals surface area contributed by atoms with E-state index >= 15 is 0 Å². The molecule has 1 aliphatic carbocycles. The van der Waals surface area contributed by atoms with E-state index in [1.54, 1.807) is 24.5 Å². The fourth-order valence-electron chi connectivity index (χ4n) is 3.55. The summed E-state index contributed by atoms with van der Waals surface area (Å²) in [5.74, 6) is 0.416. The number of halogens is 2. The molecule has 1 saturated carbocycles. The third-order valence-corrected chi connectivity index (χ3v) is 11.6. The van der Waals surface area contributed by atoms with Gasteiger partial charge in [-0.1, -0.05) is 50.0 Å². The van der Waals surface area contributed by atoms with Crippen LogP contribution in [0.2, 0.25) is 28.2 Å². The van der Waals surface area contributed by atoms with Crippen molar-refractivity contribution in [1.29, 1.82) is 0 Å². The lowest BCUT2D eigenvalue weighted by molar-refractivity contribution is -0.0547. The molecule has 0 unspecified atom stereocenters. The van der Waals surface area contributed by atoms with Gasteiger partial charge in [0, 0.05) is 23.9 Å². The molecule has 1 aromatic carbocycles. The summed E-state index contributed by atoms with van der Waals surface area (Å²) in [6, 6.07) is 7.30. The van der Waals surface area contributed by atoms with Gasteiger partial charge < -0.3 is 9.53 Å². The lowest BCUT2D eigenvalue weighted by atomic mass is 9.59. The fourth-order valence-corrected chi connectivity index (χ4v) is 5.20. The van der Waals surface area contributed by atoms with Crippen LogP contribution in [0, 0.1) is 0 Å². The third-order valence-electron chi connectivity index (χ3n) is 6.30. The van der Waals surface area contributed by atoms with Gasteiger partial charge in [-0.25, -0.2) is 9.97 Å². The maximum absolute atomic E-state index is 11.2. The summed E-state index contributed by atoms with van der Waals surface area (Å²) in [7, 11) is -1.90. The highest BCUT2D eigenvalue weighted by atomic mass is 35.5. The van der Waals surface area contributed by atoms with Crippen molar-refractivity contribution in [1.82, 2.24) is 9.97 Å². The van der Waals surface area contributed by atoms with Crippen LogP contribution in [-0.4, -0.2) is 29.5 Å². The van der Waals surface area contributed by atoms with Crippen molar-refractivity contribution >= 4 is 31.5 Å². The van der Waals surface area contributed by atoms with Crippen molar-refractivity contribution in [2.45, 2.75) is 69.4 Å². The second kappa shape index (κ2) is 7.69. The van der Waals surface area contributed by atoms with E-state index in [4.69, 9.17) is 27.6 Å². The van der Waals surface area contributed by atoms with Gasteiger partial charge in [0.2, 0.25) is 0 Å². The number of nitrogens with zero attached hydrogens (tertiary/aromatic N) is 2. The first kappa shape index (κ1) is 21.7. The van der Waals surface area contributed by atoms with Crippen molar-refractivity contribution in [3.63, 3.8) is 0 Å². The second-order valence-corrected chi connectivity index (χ2v) is 14.8. The first-order valence-electron chi connectivity index (χ1n) is 9.55. The van der Waals surface area contributed by atoms with Crippen LogP contribution in [0.25, 0.3) is 0 Å². The standard InChI is InChI=1S/C21H28Cl2N2O2Si/c1-20(2,3)28(4,5)27-15-12-21(13-15,14-7-8-16(22)17(23)11-14)18(26)19-24-9-6-10-25-19/h6-11,15,18,26H,12-13H2,1-5H3/t15?,18-,21?/m1/s1. The Labute approximate surface area is 178 Å². The quantitative estimate of drug-likeness (QED) is 0.586. The molecule has 0 spiro atoms. The highest BCUT2D eigenvalue weighted by Gasteiger charge is 2.54. The summed E-state index contributed by atoms with van der Waals surface area (Å²) in [6.45, 7) is 11.2. The van der Waals surface area contributed by atoms with E-state index in [-0.39, 0.29) is 11.1 Å². The third kappa shape index (κ3) is 4.01. The van der Waals surface area contributed by atoms with E-state index in [9.17, 15) is 5.11 Å². The maximum Gasteiger partial charge on any atom is 0.192 e. The number of rotatable bonds is 5. The van der Waals surface area contributed by atoms with E-state index in [2.05, 4.69) is 43.8 Å². The fraction of sp³-hybridized carbons (Fsp3) is 0.524. The molecular weight excluding hydrogens is 411 g/mol. The molecule has 2 aromatic rings. The normalized spacial score (nSPS) is 23.9. The Morgan fingerprint density at radius 2 is 1.75 bits per heavy atom. The molecule has 4 nitrogen and oxygen atoms in total. The van der Waals surface area contributed by atoms with Gasteiger partial charge in [0.05, 0.1) is 10.0 Å². The van der Waals surface area contributed by atoms with E-state index in [0.29, 0.717) is 28.7 Å². The molecule has 0 saturated heterocycles. The Morgan fingerprint density at radius 3 is 2.29 bits per heavy atom. The topological polar surface area (TPSA) is 55.2 Å². The number of hydrogen-bond acceptors (Lipinski definition) is 4. The number of aliphatic hydroxyl groups is 1. The van der Waals surface area contributed by atoms with Gasteiger partial charge in [-0.05, 0) is 54.7 Å². The van der Waals surface area contributed by atoms with Crippen LogP contribution in [0.5, 0.6) is 0 Å². The number of hydrogen-bond donors (Lipinski definition) is 1. The number of aliphatic hydroxyl groups excluding tert-OH is 1. The summed E-state index contributed by atoms with van der Waals surface area (Å²) in [5, 5.41) is 12.3. The van der Waals surface area contributed by atoms with Crippen LogP contribution in [-0.2, 0) is 9.84 Å². The largest absolute Gasteiger partial charge is 0.414 e. The van der Waals surface area contributed by atoms with Gasteiger partial charge in [-0.15, -0.1) is 0 Å². The summed E-state index contributed by atoms with van der Waals surface area (Å²) >= 11 is 12.4. The average Bonchev–Trinajstić information content (AvgIpc) is 2.59. The van der Waals surface area contributed by atoms with E-state index in [1.165, 1.54) is 0 Å². The van der Waals surface area contributed by atoms with Crippen LogP contribution < -0.4 is 0 Å². The number of aromatic nitrogens is 2. The minimum absolute atomic E-state index is 0.0914. The first-order valence-corrected chi connectivity index (χ1v) is 13.2. The highest BCUT2D eigenvalue weighted by molar-refractivity contribution is 6.74. The summed E-state index contributed by atoms with van der Waals surface area (Å²) in [6.07, 6.45) is 3.93. The lowest BCUT2D eigenvalue weighted by Crippen LogP contribution is -2.55. The zero-order chi connectivity index (χ0) is 20.7. The van der Waals surface area contributed by atoms with Crippen LogP contribution in [0.1, 0.15) is 51.1 Å². The van der Waals surface area contributed by atoms with Crippen LogP contribution in [0.15, 0.2) is 36.7 Å². The molecule has 152 valence electrons. The van der Waals surface area contributed by atoms with Crippen molar-refractivity contribution < 1.29 is 9.53 Å². The summed E-state index contributed by atoms with van der Waals surface area (Å²) in [4.78, 5) is 8.56. The Morgan fingerprint density at radius 1 is 1.14 bits per heavy atom. The van der Waals surface area contributed by atoms with Gasteiger partial charge >= 0.3 is 0 Å². The molecule has 28 heavy (non-hydrogen) atoms. The lowest BCUT2D eigenvalue weighted by Gasteiger charge is -2.53. The minimum atomic E-state index is -1.90.